The third-order valence-corrected chi connectivity index (χ3v) is 4.68. The number of carbonyl (C=O) groups is 2. The number of hydrogen-bond donors (Lipinski definition) is 1. The zero-order valence-corrected chi connectivity index (χ0v) is 12.7. The number of carboxylic acid groups (broad SMARTS) is 1. The van der Waals surface area contributed by atoms with Crippen LogP contribution in [0.2, 0.25) is 0 Å². The molecule has 1 fully saturated rings. The molecule has 1 saturated heterocycles. The fourth-order valence-corrected chi connectivity index (χ4v) is 3.38. The molecule has 2 unspecified atom stereocenters. The number of aliphatic carboxylic acids is 1. The lowest BCUT2D eigenvalue weighted by atomic mass is 9.87. The molecule has 0 bridgehead atoms. The summed E-state index contributed by atoms with van der Waals surface area (Å²) in [5, 5.41) is 9.14. The van der Waals surface area contributed by atoms with E-state index in [2.05, 4.69) is 0 Å². The first kappa shape index (κ1) is 14.9. The van der Waals surface area contributed by atoms with Crippen LogP contribution in [0.25, 0.3) is 0 Å². The third kappa shape index (κ3) is 2.93. The predicted molar refractivity (Wildman–Crippen MR) is 80.8 cm³/mol. The summed E-state index contributed by atoms with van der Waals surface area (Å²) in [6.45, 7) is 3.69. The van der Waals surface area contributed by atoms with Gasteiger partial charge in [0.25, 0.3) is 0 Å². The first-order valence-electron chi connectivity index (χ1n) is 7.80. The van der Waals surface area contributed by atoms with Crippen LogP contribution in [0.4, 0.5) is 0 Å². The maximum atomic E-state index is 12.4. The molecule has 1 aromatic rings. The van der Waals surface area contributed by atoms with E-state index < -0.39 is 5.97 Å². The summed E-state index contributed by atoms with van der Waals surface area (Å²) in [6.07, 6.45) is 1.82. The van der Waals surface area contributed by atoms with Gasteiger partial charge in [-0.15, -0.1) is 0 Å². The summed E-state index contributed by atoms with van der Waals surface area (Å²) in [5.74, 6) is -0.0790. The van der Waals surface area contributed by atoms with Crippen LogP contribution in [0, 0.1) is 11.8 Å². The van der Waals surface area contributed by atoms with Gasteiger partial charge in [0, 0.05) is 19.5 Å². The molecule has 3 rings (SSSR count). The van der Waals surface area contributed by atoms with E-state index in [0.29, 0.717) is 32.5 Å². The van der Waals surface area contributed by atoms with Crippen molar-refractivity contribution in [2.75, 3.05) is 19.7 Å². The summed E-state index contributed by atoms with van der Waals surface area (Å²) in [4.78, 5) is 25.4. The Kier molecular flexibility index (Phi) is 4.05. The number of likely N-dealkylation sites (tertiary alicyclic amines) is 1. The van der Waals surface area contributed by atoms with Gasteiger partial charge < -0.3 is 14.7 Å². The molecule has 0 saturated carbocycles. The number of hydrogen-bond acceptors (Lipinski definition) is 3. The summed E-state index contributed by atoms with van der Waals surface area (Å²) < 4.78 is 5.47. The molecule has 0 radical (unpaired) electrons. The smallest absolute Gasteiger partial charge is 0.306 e. The van der Waals surface area contributed by atoms with Crippen molar-refractivity contribution in [1.29, 1.82) is 0 Å². The van der Waals surface area contributed by atoms with Crippen molar-refractivity contribution in [3.63, 3.8) is 0 Å². The fraction of sp³-hybridized carbons (Fsp3) is 0.529. The lowest BCUT2D eigenvalue weighted by molar-refractivity contribution is -0.148. The van der Waals surface area contributed by atoms with Crippen LogP contribution in [0.3, 0.4) is 0 Å². The molecule has 2 aliphatic rings. The van der Waals surface area contributed by atoms with Crippen LogP contribution in [0.1, 0.15) is 24.5 Å². The molecule has 2 aliphatic heterocycles. The second kappa shape index (κ2) is 5.99. The second-order valence-electron chi connectivity index (χ2n) is 6.27. The van der Waals surface area contributed by atoms with Crippen molar-refractivity contribution in [2.24, 2.45) is 11.8 Å². The van der Waals surface area contributed by atoms with Crippen LogP contribution in [0.15, 0.2) is 18.2 Å². The Morgan fingerprint density at radius 3 is 2.95 bits per heavy atom. The van der Waals surface area contributed by atoms with E-state index in [1.807, 2.05) is 25.1 Å². The Morgan fingerprint density at radius 2 is 2.23 bits per heavy atom. The van der Waals surface area contributed by atoms with Gasteiger partial charge in [0.2, 0.25) is 5.91 Å². The zero-order chi connectivity index (χ0) is 15.7. The number of carboxylic acids is 1. The van der Waals surface area contributed by atoms with E-state index in [-0.39, 0.29) is 17.7 Å². The first-order valence-corrected chi connectivity index (χ1v) is 7.80. The number of ether oxygens (including phenoxy) is 1. The maximum absolute atomic E-state index is 12.4. The van der Waals surface area contributed by atoms with Gasteiger partial charge in [-0.05, 0) is 29.5 Å². The molecule has 118 valence electrons. The van der Waals surface area contributed by atoms with E-state index in [4.69, 9.17) is 9.84 Å². The average molecular weight is 303 g/mol. The Hall–Kier alpha value is -2.04. The van der Waals surface area contributed by atoms with Crippen molar-refractivity contribution < 1.29 is 19.4 Å². The predicted octanol–water partition coefficient (Wildman–Crippen LogP) is 1.73. The van der Waals surface area contributed by atoms with E-state index in [0.717, 1.165) is 17.7 Å². The van der Waals surface area contributed by atoms with Crippen molar-refractivity contribution in [1.82, 2.24) is 4.90 Å². The van der Waals surface area contributed by atoms with Gasteiger partial charge in [0.1, 0.15) is 5.75 Å². The van der Waals surface area contributed by atoms with Gasteiger partial charge >= 0.3 is 5.97 Å². The van der Waals surface area contributed by atoms with Gasteiger partial charge in [-0.2, -0.15) is 0 Å². The van der Waals surface area contributed by atoms with Gasteiger partial charge in [0.05, 0.1) is 18.9 Å². The van der Waals surface area contributed by atoms with Crippen molar-refractivity contribution in [2.45, 2.75) is 26.2 Å². The van der Waals surface area contributed by atoms with Crippen LogP contribution in [0.5, 0.6) is 5.75 Å². The molecule has 0 spiro atoms. The lowest BCUT2D eigenvalue weighted by Crippen LogP contribution is -2.45. The third-order valence-electron chi connectivity index (χ3n) is 4.68. The molecular formula is C17H21NO4. The normalized spacial score (nSPS) is 23.8. The minimum Gasteiger partial charge on any atom is -0.493 e. The highest BCUT2D eigenvalue weighted by Crippen LogP contribution is 2.27. The molecule has 1 N–H and O–H groups in total. The number of piperidine rings is 1. The molecule has 5 nitrogen and oxygen atoms in total. The van der Waals surface area contributed by atoms with E-state index in [9.17, 15) is 9.59 Å². The standard InChI is InChI=1S/C17H21NO4/c1-11-10-18(6-4-14(11)17(20)21)16(19)9-12-2-3-15-13(8-12)5-7-22-15/h2-3,8,11,14H,4-7,9-10H2,1H3,(H,20,21). The number of nitrogens with zero attached hydrogens (tertiary/aromatic N) is 1. The van der Waals surface area contributed by atoms with Crippen molar-refractivity contribution >= 4 is 11.9 Å². The quantitative estimate of drug-likeness (QED) is 0.923. The zero-order valence-electron chi connectivity index (χ0n) is 12.7. The van der Waals surface area contributed by atoms with Gasteiger partial charge in [-0.25, -0.2) is 0 Å². The van der Waals surface area contributed by atoms with Crippen molar-refractivity contribution in [3.05, 3.63) is 29.3 Å². The van der Waals surface area contributed by atoms with Crippen LogP contribution >= 0.6 is 0 Å². The van der Waals surface area contributed by atoms with E-state index in [1.54, 1.807) is 4.90 Å². The monoisotopic (exact) mass is 303 g/mol. The summed E-state index contributed by atoms with van der Waals surface area (Å²) in [5.41, 5.74) is 2.17. The van der Waals surface area contributed by atoms with Crippen LogP contribution in [-0.4, -0.2) is 41.6 Å². The molecule has 22 heavy (non-hydrogen) atoms. The summed E-state index contributed by atoms with van der Waals surface area (Å²) >= 11 is 0. The molecule has 5 heteroatoms. The second-order valence-corrected chi connectivity index (χ2v) is 6.27. The van der Waals surface area contributed by atoms with Gasteiger partial charge in [-0.3, -0.25) is 9.59 Å². The minimum absolute atomic E-state index is 0.00335. The topological polar surface area (TPSA) is 66.8 Å². The first-order chi connectivity index (χ1) is 10.5. The van der Waals surface area contributed by atoms with Gasteiger partial charge in [0.15, 0.2) is 0 Å². The lowest BCUT2D eigenvalue weighted by Gasteiger charge is -2.35. The molecule has 0 aromatic heterocycles. The Bertz CT molecular complexity index is 598. The maximum Gasteiger partial charge on any atom is 0.306 e. The number of benzene rings is 1. The SMILES string of the molecule is CC1CN(C(=O)Cc2ccc3c(c2)CCO3)CCC1C(=O)O. The molecular weight excluding hydrogens is 282 g/mol. The average Bonchev–Trinajstić information content (AvgIpc) is 2.94. The number of rotatable bonds is 3. The largest absolute Gasteiger partial charge is 0.493 e. The minimum atomic E-state index is -0.752. The van der Waals surface area contributed by atoms with Crippen molar-refractivity contribution in [3.8, 4) is 5.75 Å². The molecule has 2 atom stereocenters. The van der Waals surface area contributed by atoms with Crippen LogP contribution in [-0.2, 0) is 22.4 Å². The number of fused-ring (bicyclic) bond motifs is 1. The van der Waals surface area contributed by atoms with E-state index >= 15 is 0 Å². The highest BCUT2D eigenvalue weighted by Gasteiger charge is 2.32. The number of carbonyl (C=O) groups excluding carboxylic acids is 1. The number of amides is 1. The molecule has 1 amide bonds. The fourth-order valence-electron chi connectivity index (χ4n) is 3.38. The molecule has 2 heterocycles. The van der Waals surface area contributed by atoms with E-state index in [1.165, 1.54) is 5.56 Å². The molecule has 0 aliphatic carbocycles. The molecule has 1 aromatic carbocycles. The summed E-state index contributed by atoms with van der Waals surface area (Å²) in [7, 11) is 0. The van der Waals surface area contributed by atoms with Crippen LogP contribution < -0.4 is 4.74 Å². The Morgan fingerprint density at radius 1 is 1.41 bits per heavy atom. The van der Waals surface area contributed by atoms with Gasteiger partial charge in [-0.1, -0.05) is 19.1 Å². The Labute approximate surface area is 129 Å². The highest BCUT2D eigenvalue weighted by atomic mass is 16.5. The Balaban J connectivity index is 1.62. The summed E-state index contributed by atoms with van der Waals surface area (Å²) in [6, 6.07) is 5.92. The highest BCUT2D eigenvalue weighted by molar-refractivity contribution is 5.79.